The van der Waals surface area contributed by atoms with Crippen molar-refractivity contribution in [2.24, 2.45) is 5.92 Å². The Hall–Kier alpha value is -2.03. The van der Waals surface area contributed by atoms with E-state index in [9.17, 15) is 4.79 Å². The van der Waals surface area contributed by atoms with Gasteiger partial charge in [-0.3, -0.25) is 4.79 Å². The van der Waals surface area contributed by atoms with Gasteiger partial charge in [0, 0.05) is 0 Å². The number of nitrogens with one attached hydrogen (secondary N) is 1. The number of fused-ring (bicyclic) bond motifs is 1. The monoisotopic (exact) mass is 241 g/mol. The SMILES string of the molecule is C[C@H]1Cc2ccccc2[C@H]1NC(=O)c1ccco1. The molecule has 0 saturated heterocycles. The number of amides is 1. The number of benzene rings is 1. The molecule has 0 fully saturated rings. The quantitative estimate of drug-likeness (QED) is 0.878. The van der Waals surface area contributed by atoms with Gasteiger partial charge in [-0.2, -0.15) is 0 Å². The van der Waals surface area contributed by atoms with Crippen molar-refractivity contribution in [2.75, 3.05) is 0 Å². The molecular formula is C15H15NO2. The van der Waals surface area contributed by atoms with E-state index in [1.165, 1.54) is 17.4 Å². The third-order valence-electron chi connectivity index (χ3n) is 3.53. The van der Waals surface area contributed by atoms with E-state index in [4.69, 9.17) is 4.42 Å². The molecule has 3 heteroatoms. The molecule has 1 amide bonds. The highest BCUT2D eigenvalue weighted by molar-refractivity contribution is 5.91. The standard InChI is InChI=1S/C15H15NO2/c1-10-9-11-5-2-3-6-12(11)14(10)16-15(17)13-7-4-8-18-13/h2-8,10,14H,9H2,1H3,(H,16,17)/t10-,14-/m0/s1. The summed E-state index contributed by atoms with van der Waals surface area (Å²) in [5.41, 5.74) is 2.56. The van der Waals surface area contributed by atoms with Crippen LogP contribution in [-0.4, -0.2) is 5.91 Å². The first-order chi connectivity index (χ1) is 8.75. The molecule has 0 radical (unpaired) electrons. The molecule has 1 N–H and O–H groups in total. The molecule has 1 aromatic heterocycles. The third kappa shape index (κ3) is 1.82. The molecule has 1 heterocycles. The lowest BCUT2D eigenvalue weighted by molar-refractivity contribution is 0.0899. The molecule has 0 unspecified atom stereocenters. The summed E-state index contributed by atoms with van der Waals surface area (Å²) in [7, 11) is 0. The molecule has 3 nitrogen and oxygen atoms in total. The van der Waals surface area contributed by atoms with Crippen molar-refractivity contribution in [2.45, 2.75) is 19.4 Å². The molecule has 3 rings (SSSR count). The Morgan fingerprint density at radius 1 is 1.28 bits per heavy atom. The van der Waals surface area contributed by atoms with Gasteiger partial charge in [0.1, 0.15) is 0 Å². The van der Waals surface area contributed by atoms with Crippen molar-refractivity contribution >= 4 is 5.91 Å². The van der Waals surface area contributed by atoms with Crippen LogP contribution in [-0.2, 0) is 6.42 Å². The number of rotatable bonds is 2. The minimum atomic E-state index is -0.145. The summed E-state index contributed by atoms with van der Waals surface area (Å²) >= 11 is 0. The zero-order chi connectivity index (χ0) is 12.5. The van der Waals surface area contributed by atoms with Crippen LogP contribution in [0.5, 0.6) is 0 Å². The first-order valence-corrected chi connectivity index (χ1v) is 6.18. The van der Waals surface area contributed by atoms with Crippen LogP contribution in [0.3, 0.4) is 0 Å². The highest BCUT2D eigenvalue weighted by Crippen LogP contribution is 2.35. The molecule has 1 aliphatic carbocycles. The molecule has 0 aliphatic heterocycles. The molecule has 18 heavy (non-hydrogen) atoms. The molecule has 0 saturated carbocycles. The van der Waals surface area contributed by atoms with E-state index >= 15 is 0 Å². The van der Waals surface area contributed by atoms with Crippen LogP contribution in [0.4, 0.5) is 0 Å². The minimum Gasteiger partial charge on any atom is -0.459 e. The van der Waals surface area contributed by atoms with Gasteiger partial charge < -0.3 is 9.73 Å². The van der Waals surface area contributed by atoms with Gasteiger partial charge >= 0.3 is 0 Å². The van der Waals surface area contributed by atoms with Crippen LogP contribution in [0.25, 0.3) is 0 Å². The van der Waals surface area contributed by atoms with Gasteiger partial charge in [0.05, 0.1) is 12.3 Å². The second kappa shape index (κ2) is 4.33. The maximum absolute atomic E-state index is 12.0. The second-order valence-electron chi connectivity index (χ2n) is 4.81. The Bertz CT molecular complexity index is 560. The van der Waals surface area contributed by atoms with Crippen LogP contribution in [0.15, 0.2) is 47.1 Å². The molecule has 0 spiro atoms. The van der Waals surface area contributed by atoms with Crippen molar-refractivity contribution in [3.05, 3.63) is 59.5 Å². The van der Waals surface area contributed by atoms with Crippen molar-refractivity contribution in [3.8, 4) is 0 Å². The highest BCUT2D eigenvalue weighted by Gasteiger charge is 2.30. The first-order valence-electron chi connectivity index (χ1n) is 6.18. The van der Waals surface area contributed by atoms with Gasteiger partial charge in [0.15, 0.2) is 5.76 Å². The van der Waals surface area contributed by atoms with E-state index in [0.717, 1.165) is 6.42 Å². The van der Waals surface area contributed by atoms with Gasteiger partial charge in [-0.05, 0) is 35.6 Å². The van der Waals surface area contributed by atoms with Gasteiger partial charge in [0.2, 0.25) is 0 Å². The fourth-order valence-electron chi connectivity index (χ4n) is 2.63. The minimum absolute atomic E-state index is 0.0822. The zero-order valence-electron chi connectivity index (χ0n) is 10.2. The smallest absolute Gasteiger partial charge is 0.287 e. The van der Waals surface area contributed by atoms with Crippen molar-refractivity contribution in [1.29, 1.82) is 0 Å². The Balaban J connectivity index is 1.83. The van der Waals surface area contributed by atoms with Crippen molar-refractivity contribution in [1.82, 2.24) is 5.32 Å². The Labute approximate surface area is 106 Å². The average molecular weight is 241 g/mol. The molecular weight excluding hydrogens is 226 g/mol. The van der Waals surface area contributed by atoms with Gasteiger partial charge in [-0.1, -0.05) is 31.2 Å². The van der Waals surface area contributed by atoms with E-state index in [0.29, 0.717) is 11.7 Å². The predicted molar refractivity (Wildman–Crippen MR) is 68.2 cm³/mol. The number of furan rings is 1. The van der Waals surface area contributed by atoms with Crippen LogP contribution in [0.1, 0.15) is 34.6 Å². The summed E-state index contributed by atoms with van der Waals surface area (Å²) in [4.78, 5) is 12.0. The molecule has 0 bridgehead atoms. The topological polar surface area (TPSA) is 42.2 Å². The summed E-state index contributed by atoms with van der Waals surface area (Å²) in [6.45, 7) is 2.16. The maximum Gasteiger partial charge on any atom is 0.287 e. The first kappa shape index (κ1) is 11.1. The number of hydrogen-bond donors (Lipinski definition) is 1. The third-order valence-corrected chi connectivity index (χ3v) is 3.53. The van der Waals surface area contributed by atoms with E-state index < -0.39 is 0 Å². The van der Waals surface area contributed by atoms with Gasteiger partial charge in [0.25, 0.3) is 5.91 Å². The van der Waals surface area contributed by atoms with E-state index in [1.54, 1.807) is 12.1 Å². The van der Waals surface area contributed by atoms with Crippen LogP contribution in [0.2, 0.25) is 0 Å². The maximum atomic E-state index is 12.0. The fourth-order valence-corrected chi connectivity index (χ4v) is 2.63. The lowest BCUT2D eigenvalue weighted by atomic mass is 10.0. The number of carbonyl (C=O) groups is 1. The summed E-state index contributed by atoms with van der Waals surface area (Å²) in [6.07, 6.45) is 2.53. The Kier molecular flexibility index (Phi) is 2.67. The molecule has 92 valence electrons. The highest BCUT2D eigenvalue weighted by atomic mass is 16.3. The van der Waals surface area contributed by atoms with E-state index in [2.05, 4.69) is 24.4 Å². The van der Waals surface area contributed by atoms with Gasteiger partial charge in [-0.25, -0.2) is 0 Å². The van der Waals surface area contributed by atoms with Crippen molar-refractivity contribution in [3.63, 3.8) is 0 Å². The summed E-state index contributed by atoms with van der Waals surface area (Å²) < 4.78 is 5.12. The fraction of sp³-hybridized carbons (Fsp3) is 0.267. The lowest BCUT2D eigenvalue weighted by Crippen LogP contribution is -2.30. The van der Waals surface area contributed by atoms with E-state index in [-0.39, 0.29) is 11.9 Å². The van der Waals surface area contributed by atoms with Crippen LogP contribution < -0.4 is 5.32 Å². The van der Waals surface area contributed by atoms with Crippen LogP contribution in [0, 0.1) is 5.92 Å². The molecule has 2 aromatic rings. The summed E-state index contributed by atoms with van der Waals surface area (Å²) in [6, 6.07) is 11.8. The molecule has 1 aliphatic rings. The number of hydrogen-bond acceptors (Lipinski definition) is 2. The Morgan fingerprint density at radius 2 is 2.11 bits per heavy atom. The predicted octanol–water partition coefficient (Wildman–Crippen LogP) is 2.94. The van der Waals surface area contributed by atoms with Gasteiger partial charge in [-0.15, -0.1) is 0 Å². The Morgan fingerprint density at radius 3 is 2.89 bits per heavy atom. The normalized spacial score (nSPS) is 21.6. The number of carbonyl (C=O) groups excluding carboxylic acids is 1. The largest absolute Gasteiger partial charge is 0.459 e. The second-order valence-corrected chi connectivity index (χ2v) is 4.81. The zero-order valence-corrected chi connectivity index (χ0v) is 10.2. The van der Waals surface area contributed by atoms with Crippen molar-refractivity contribution < 1.29 is 9.21 Å². The lowest BCUT2D eigenvalue weighted by Gasteiger charge is -2.17. The van der Waals surface area contributed by atoms with Crippen LogP contribution >= 0.6 is 0 Å². The molecule has 2 atom stereocenters. The molecule has 1 aromatic carbocycles. The summed E-state index contributed by atoms with van der Waals surface area (Å²) in [5.74, 6) is 0.640. The summed E-state index contributed by atoms with van der Waals surface area (Å²) in [5, 5.41) is 3.05. The average Bonchev–Trinajstić information content (AvgIpc) is 2.98. The van der Waals surface area contributed by atoms with E-state index in [1.807, 2.05) is 12.1 Å².